The number of rotatable bonds is 4. The summed E-state index contributed by atoms with van der Waals surface area (Å²) in [7, 11) is 0. The van der Waals surface area contributed by atoms with Crippen LogP contribution < -0.4 is 0 Å². The lowest BCUT2D eigenvalue weighted by molar-refractivity contribution is -0.151. The van der Waals surface area contributed by atoms with Gasteiger partial charge in [0.05, 0.1) is 18.8 Å². The second kappa shape index (κ2) is 6.97. The smallest absolute Gasteiger partial charge is 0.406 e. The molecule has 0 spiro atoms. The number of hydrogen-bond acceptors (Lipinski definition) is 3. The molecule has 122 valence electrons. The van der Waals surface area contributed by atoms with Gasteiger partial charge in [0.25, 0.3) is 0 Å². The van der Waals surface area contributed by atoms with Crippen LogP contribution in [0.4, 0.5) is 18.0 Å². The molecule has 0 bridgehead atoms. The Bertz CT molecular complexity index is 389. The summed E-state index contributed by atoms with van der Waals surface area (Å²) >= 11 is 0. The van der Waals surface area contributed by atoms with Crippen LogP contribution in [-0.4, -0.2) is 71.5 Å². The van der Waals surface area contributed by atoms with Crippen LogP contribution in [0.5, 0.6) is 0 Å². The number of carboxylic acids is 1. The molecular weight excluding hydrogens is 293 g/mol. The molecule has 0 aliphatic carbocycles. The molecule has 1 aliphatic rings. The van der Waals surface area contributed by atoms with E-state index in [4.69, 9.17) is 9.84 Å². The summed E-state index contributed by atoms with van der Waals surface area (Å²) in [6.07, 6.45) is -4.43. The van der Waals surface area contributed by atoms with E-state index in [2.05, 4.69) is 0 Å². The number of carbonyl (C=O) groups is 2. The number of ether oxygens (including phenoxy) is 1. The Morgan fingerprint density at radius 1 is 1.43 bits per heavy atom. The van der Waals surface area contributed by atoms with Crippen LogP contribution in [0.15, 0.2) is 0 Å². The zero-order valence-corrected chi connectivity index (χ0v) is 11.9. The van der Waals surface area contributed by atoms with Crippen molar-refractivity contribution in [3.63, 3.8) is 0 Å². The molecule has 0 aromatic heterocycles. The Labute approximate surface area is 120 Å². The summed E-state index contributed by atoms with van der Waals surface area (Å²) in [6, 6.07) is -1.27. The summed E-state index contributed by atoms with van der Waals surface area (Å²) in [5.41, 5.74) is 0. The van der Waals surface area contributed by atoms with Crippen molar-refractivity contribution in [1.29, 1.82) is 0 Å². The predicted molar refractivity (Wildman–Crippen MR) is 66.9 cm³/mol. The third kappa shape index (κ3) is 5.41. The number of urea groups is 1. The highest BCUT2D eigenvalue weighted by atomic mass is 19.4. The van der Waals surface area contributed by atoms with E-state index in [1.807, 2.05) is 0 Å². The first-order valence-corrected chi connectivity index (χ1v) is 6.59. The molecule has 1 rings (SSSR count). The molecule has 1 heterocycles. The Morgan fingerprint density at radius 3 is 2.52 bits per heavy atom. The molecule has 2 atom stereocenters. The van der Waals surface area contributed by atoms with Crippen molar-refractivity contribution in [3.8, 4) is 0 Å². The summed E-state index contributed by atoms with van der Waals surface area (Å²) in [6.45, 7) is 1.30. The number of alkyl halides is 3. The van der Waals surface area contributed by atoms with Crippen molar-refractivity contribution in [2.24, 2.45) is 0 Å². The van der Waals surface area contributed by atoms with Crippen molar-refractivity contribution < 1.29 is 32.6 Å². The number of morpholine rings is 1. The molecule has 0 radical (unpaired) electrons. The van der Waals surface area contributed by atoms with Gasteiger partial charge in [0.1, 0.15) is 13.1 Å². The quantitative estimate of drug-likeness (QED) is 0.855. The molecule has 0 aromatic carbocycles. The molecule has 2 unspecified atom stereocenters. The maximum Gasteiger partial charge on any atom is 0.406 e. The number of carboxylic acid groups (broad SMARTS) is 1. The fraction of sp³-hybridized carbons (Fsp3) is 0.833. The summed E-state index contributed by atoms with van der Waals surface area (Å²) in [5.74, 6) is -1.48. The topological polar surface area (TPSA) is 70.1 Å². The number of carbonyl (C=O) groups excluding carboxylic acids is 1. The molecule has 0 aromatic rings. The van der Waals surface area contributed by atoms with E-state index in [1.165, 1.54) is 4.90 Å². The van der Waals surface area contributed by atoms with Gasteiger partial charge in [-0.05, 0) is 13.3 Å². The maximum atomic E-state index is 12.5. The minimum atomic E-state index is -4.65. The lowest BCUT2D eigenvalue weighted by Gasteiger charge is -2.40. The monoisotopic (exact) mass is 312 g/mol. The molecular formula is C12H19F3N2O4. The van der Waals surface area contributed by atoms with Gasteiger partial charge >= 0.3 is 18.2 Å². The normalized spacial score (nSPS) is 23.0. The predicted octanol–water partition coefficient (Wildman–Crippen LogP) is 1.55. The van der Waals surface area contributed by atoms with Crippen molar-refractivity contribution >= 4 is 12.0 Å². The molecule has 6 nitrogen and oxygen atoms in total. The van der Waals surface area contributed by atoms with Gasteiger partial charge in [-0.25, -0.2) is 4.79 Å². The highest BCUT2D eigenvalue weighted by molar-refractivity contribution is 5.80. The highest BCUT2D eigenvalue weighted by Crippen LogP contribution is 2.21. The minimum absolute atomic E-state index is 0.144. The third-order valence-corrected chi connectivity index (χ3v) is 3.15. The van der Waals surface area contributed by atoms with Gasteiger partial charge in [-0.3, -0.25) is 4.79 Å². The minimum Gasteiger partial charge on any atom is -0.480 e. The Morgan fingerprint density at radius 2 is 2.05 bits per heavy atom. The lowest BCUT2D eigenvalue weighted by Crippen LogP contribution is -2.57. The highest BCUT2D eigenvalue weighted by Gasteiger charge is 2.38. The van der Waals surface area contributed by atoms with Gasteiger partial charge in [0, 0.05) is 6.54 Å². The standard InChI is InChI=1S/C12H19F3N2O4/c1-3-9-6-21-8(2)4-17(9)11(20)16(5-10(18)19)7-12(13,14)15/h8-9H,3-7H2,1-2H3,(H,18,19). The molecule has 1 saturated heterocycles. The summed E-state index contributed by atoms with van der Waals surface area (Å²) in [4.78, 5) is 24.5. The SMILES string of the molecule is CCC1COC(C)CN1C(=O)N(CC(=O)O)CC(F)(F)F. The van der Waals surface area contributed by atoms with Crippen LogP contribution in [0.3, 0.4) is 0 Å². The van der Waals surface area contributed by atoms with Gasteiger partial charge in [-0.15, -0.1) is 0 Å². The number of aliphatic carboxylic acids is 1. The average Bonchev–Trinajstić information content (AvgIpc) is 2.34. The van der Waals surface area contributed by atoms with Crippen LogP contribution in [0.2, 0.25) is 0 Å². The molecule has 2 amide bonds. The molecule has 0 saturated carbocycles. The van der Waals surface area contributed by atoms with E-state index in [0.717, 1.165) is 0 Å². The molecule has 9 heteroatoms. The van der Waals surface area contributed by atoms with E-state index < -0.39 is 31.3 Å². The van der Waals surface area contributed by atoms with Crippen LogP contribution in [0.1, 0.15) is 20.3 Å². The van der Waals surface area contributed by atoms with Crippen molar-refractivity contribution in [2.45, 2.75) is 38.6 Å². The van der Waals surface area contributed by atoms with E-state index in [9.17, 15) is 22.8 Å². The van der Waals surface area contributed by atoms with Gasteiger partial charge in [0.15, 0.2) is 0 Å². The Balaban J connectivity index is 2.88. The lowest BCUT2D eigenvalue weighted by atomic mass is 10.1. The second-order valence-electron chi connectivity index (χ2n) is 5.01. The Hall–Kier alpha value is -1.51. The number of halogens is 3. The number of hydrogen-bond donors (Lipinski definition) is 1. The number of nitrogens with zero attached hydrogens (tertiary/aromatic N) is 2. The van der Waals surface area contributed by atoms with Crippen LogP contribution in [0.25, 0.3) is 0 Å². The summed E-state index contributed by atoms with van der Waals surface area (Å²) < 4.78 is 42.9. The fourth-order valence-corrected chi connectivity index (χ4v) is 2.17. The van der Waals surface area contributed by atoms with Gasteiger partial charge in [0.2, 0.25) is 0 Å². The zero-order chi connectivity index (χ0) is 16.2. The van der Waals surface area contributed by atoms with E-state index in [-0.39, 0.29) is 25.3 Å². The first kappa shape index (κ1) is 17.5. The van der Waals surface area contributed by atoms with Crippen molar-refractivity contribution in [2.75, 3.05) is 26.2 Å². The van der Waals surface area contributed by atoms with Crippen LogP contribution >= 0.6 is 0 Å². The summed E-state index contributed by atoms with van der Waals surface area (Å²) in [5, 5.41) is 8.70. The van der Waals surface area contributed by atoms with Gasteiger partial charge < -0.3 is 19.6 Å². The zero-order valence-electron chi connectivity index (χ0n) is 11.9. The number of amides is 2. The molecule has 1 aliphatic heterocycles. The molecule has 21 heavy (non-hydrogen) atoms. The first-order valence-electron chi connectivity index (χ1n) is 6.59. The van der Waals surface area contributed by atoms with E-state index in [0.29, 0.717) is 11.3 Å². The molecule has 1 N–H and O–H groups in total. The fourth-order valence-electron chi connectivity index (χ4n) is 2.17. The van der Waals surface area contributed by atoms with Crippen LogP contribution in [-0.2, 0) is 9.53 Å². The van der Waals surface area contributed by atoms with Crippen LogP contribution in [0, 0.1) is 0 Å². The first-order chi connectivity index (χ1) is 9.64. The second-order valence-corrected chi connectivity index (χ2v) is 5.01. The maximum absolute atomic E-state index is 12.5. The van der Waals surface area contributed by atoms with Crippen molar-refractivity contribution in [3.05, 3.63) is 0 Å². The van der Waals surface area contributed by atoms with Gasteiger partial charge in [-0.2, -0.15) is 13.2 Å². The third-order valence-electron chi connectivity index (χ3n) is 3.15. The van der Waals surface area contributed by atoms with E-state index >= 15 is 0 Å². The average molecular weight is 312 g/mol. The van der Waals surface area contributed by atoms with Gasteiger partial charge in [-0.1, -0.05) is 6.92 Å². The van der Waals surface area contributed by atoms with Crippen molar-refractivity contribution in [1.82, 2.24) is 9.80 Å². The van der Waals surface area contributed by atoms with E-state index in [1.54, 1.807) is 13.8 Å². The largest absolute Gasteiger partial charge is 0.480 e. The molecule has 1 fully saturated rings. The Kier molecular flexibility index (Phi) is 5.82.